The first-order valence-corrected chi connectivity index (χ1v) is 14.5. The third kappa shape index (κ3) is 7.48. The Morgan fingerprint density at radius 1 is 1.05 bits per heavy atom. The topological polar surface area (TPSA) is 70.8 Å². The second-order valence-corrected chi connectivity index (χ2v) is 11.5. The number of hydrogen-bond donors (Lipinski definition) is 1. The molecule has 38 heavy (non-hydrogen) atoms. The Balaban J connectivity index is 1.49. The number of hydrogen-bond acceptors (Lipinski definition) is 7. The Morgan fingerprint density at radius 3 is 2.37 bits per heavy atom. The fourth-order valence-electron chi connectivity index (χ4n) is 4.95. The lowest BCUT2D eigenvalue weighted by Gasteiger charge is -2.39. The SMILES string of the molecule is CO/N=C(\CSc1nc(C)cc(C)n1)C(CCN1CCC(O)(c2ccccc2)CC1)c1ccc(Cl)c(Cl)c1. The molecule has 2 aromatic carbocycles. The van der Waals surface area contributed by atoms with E-state index in [9.17, 15) is 5.11 Å². The number of piperidine rings is 1. The zero-order valence-electron chi connectivity index (χ0n) is 22.0. The highest BCUT2D eigenvalue weighted by molar-refractivity contribution is 7.99. The van der Waals surface area contributed by atoms with Gasteiger partial charge in [0.2, 0.25) is 0 Å². The largest absolute Gasteiger partial charge is 0.399 e. The molecule has 1 aromatic heterocycles. The van der Waals surface area contributed by atoms with Crippen molar-refractivity contribution >= 4 is 40.7 Å². The average Bonchev–Trinajstić information content (AvgIpc) is 2.90. The first kappa shape index (κ1) is 28.8. The van der Waals surface area contributed by atoms with Crippen LogP contribution in [0.1, 0.15) is 47.7 Å². The Labute approximate surface area is 239 Å². The monoisotopic (exact) mass is 572 g/mol. The van der Waals surface area contributed by atoms with E-state index in [-0.39, 0.29) is 5.92 Å². The highest BCUT2D eigenvalue weighted by Gasteiger charge is 2.34. The summed E-state index contributed by atoms with van der Waals surface area (Å²) in [5, 5.41) is 17.4. The molecule has 6 nitrogen and oxygen atoms in total. The Hall–Kier alpha value is -2.16. The molecule has 2 heterocycles. The molecule has 3 aromatic rings. The van der Waals surface area contributed by atoms with Gasteiger partial charge in [0.05, 0.1) is 21.4 Å². The van der Waals surface area contributed by atoms with Gasteiger partial charge in [-0.25, -0.2) is 9.97 Å². The molecule has 1 aliphatic rings. The van der Waals surface area contributed by atoms with Crippen LogP contribution in [0, 0.1) is 13.8 Å². The number of halogens is 2. The van der Waals surface area contributed by atoms with E-state index < -0.39 is 5.60 Å². The molecule has 0 saturated carbocycles. The summed E-state index contributed by atoms with van der Waals surface area (Å²) < 4.78 is 0. The van der Waals surface area contributed by atoms with E-state index in [0.29, 0.717) is 28.6 Å². The second-order valence-electron chi connectivity index (χ2n) is 9.74. The molecule has 1 saturated heterocycles. The average molecular weight is 574 g/mol. The molecule has 0 spiro atoms. The summed E-state index contributed by atoms with van der Waals surface area (Å²) in [7, 11) is 1.57. The molecule has 0 radical (unpaired) electrons. The van der Waals surface area contributed by atoms with Crippen molar-refractivity contribution in [2.24, 2.45) is 5.16 Å². The van der Waals surface area contributed by atoms with Gasteiger partial charge in [-0.1, -0.05) is 76.5 Å². The van der Waals surface area contributed by atoms with Crippen molar-refractivity contribution in [3.05, 3.63) is 87.2 Å². The minimum absolute atomic E-state index is 0.0296. The van der Waals surface area contributed by atoms with Crippen LogP contribution in [0.4, 0.5) is 0 Å². The maximum absolute atomic E-state index is 11.2. The standard InChI is InChI=1S/C29H34Cl2N4O2S/c1-20-17-21(2)33-28(32-20)38-19-27(34-37-3)24(22-9-10-25(30)26(31)18-22)11-14-35-15-12-29(36,13-16-35)23-7-5-4-6-8-23/h4-10,17-18,24,36H,11-16,19H2,1-3H3/b34-27+. The van der Waals surface area contributed by atoms with Crippen LogP contribution in [0.3, 0.4) is 0 Å². The maximum Gasteiger partial charge on any atom is 0.188 e. The lowest BCUT2D eigenvalue weighted by molar-refractivity contribution is -0.0261. The van der Waals surface area contributed by atoms with E-state index in [1.54, 1.807) is 18.9 Å². The summed E-state index contributed by atoms with van der Waals surface area (Å²) in [4.78, 5) is 16.8. The number of aliphatic hydroxyl groups is 1. The number of likely N-dealkylation sites (tertiary alicyclic amines) is 1. The van der Waals surface area contributed by atoms with Gasteiger partial charge in [-0.3, -0.25) is 0 Å². The van der Waals surface area contributed by atoms with Gasteiger partial charge in [0, 0.05) is 36.1 Å². The van der Waals surface area contributed by atoms with Gasteiger partial charge >= 0.3 is 0 Å². The third-order valence-corrected chi connectivity index (χ3v) is 8.62. The molecule has 1 atom stereocenters. The van der Waals surface area contributed by atoms with Gasteiger partial charge in [0.25, 0.3) is 0 Å². The summed E-state index contributed by atoms with van der Waals surface area (Å²) in [6, 6.07) is 17.7. The molecule has 9 heteroatoms. The van der Waals surface area contributed by atoms with Crippen LogP contribution in [0.5, 0.6) is 0 Å². The predicted molar refractivity (Wildman–Crippen MR) is 157 cm³/mol. The second kappa shape index (κ2) is 13.3. The summed E-state index contributed by atoms with van der Waals surface area (Å²) in [6.07, 6.45) is 2.22. The first-order chi connectivity index (χ1) is 18.3. The van der Waals surface area contributed by atoms with Crippen LogP contribution in [0.15, 0.2) is 64.9 Å². The van der Waals surface area contributed by atoms with Crippen LogP contribution < -0.4 is 0 Å². The predicted octanol–water partition coefficient (Wildman–Crippen LogP) is 6.65. The zero-order chi connectivity index (χ0) is 27.1. The number of nitrogens with zero attached hydrogens (tertiary/aromatic N) is 4. The van der Waals surface area contributed by atoms with Crippen molar-refractivity contribution in [3.63, 3.8) is 0 Å². The highest BCUT2D eigenvalue weighted by atomic mass is 35.5. The summed E-state index contributed by atoms with van der Waals surface area (Å²) in [5.41, 5.74) is 4.02. The van der Waals surface area contributed by atoms with Gasteiger partial charge in [-0.05, 0) is 69.0 Å². The van der Waals surface area contributed by atoms with Gasteiger partial charge in [0.15, 0.2) is 5.16 Å². The maximum atomic E-state index is 11.2. The van der Waals surface area contributed by atoms with Crippen LogP contribution in [0.2, 0.25) is 10.0 Å². The normalized spacial score (nSPS) is 16.8. The van der Waals surface area contributed by atoms with E-state index in [2.05, 4.69) is 20.0 Å². The Kier molecular flexibility index (Phi) is 10.1. The quantitative estimate of drug-likeness (QED) is 0.127. The minimum Gasteiger partial charge on any atom is -0.399 e. The van der Waals surface area contributed by atoms with E-state index in [1.165, 1.54) is 0 Å². The van der Waals surface area contributed by atoms with Gasteiger partial charge in [0.1, 0.15) is 7.11 Å². The van der Waals surface area contributed by atoms with E-state index in [1.807, 2.05) is 68.4 Å². The fourth-order valence-corrected chi connectivity index (χ4v) is 6.21. The number of aromatic nitrogens is 2. The number of oxime groups is 1. The number of rotatable bonds is 10. The lowest BCUT2D eigenvalue weighted by atomic mass is 9.84. The zero-order valence-corrected chi connectivity index (χ0v) is 24.4. The third-order valence-electron chi connectivity index (χ3n) is 7.00. The van der Waals surface area contributed by atoms with Crippen molar-refractivity contribution in [1.82, 2.24) is 14.9 Å². The van der Waals surface area contributed by atoms with Crippen LogP contribution in [0.25, 0.3) is 0 Å². The summed E-state index contributed by atoms with van der Waals surface area (Å²) >= 11 is 14.2. The number of benzene rings is 2. The molecule has 1 N–H and O–H groups in total. The number of aryl methyl sites for hydroxylation is 2. The molecular formula is C29H34Cl2N4O2S. The Bertz CT molecular complexity index is 1230. The van der Waals surface area contributed by atoms with Gasteiger partial charge in [-0.2, -0.15) is 0 Å². The molecular weight excluding hydrogens is 539 g/mol. The molecule has 0 bridgehead atoms. The van der Waals surface area contributed by atoms with Crippen molar-refractivity contribution < 1.29 is 9.94 Å². The van der Waals surface area contributed by atoms with Crippen LogP contribution in [-0.4, -0.2) is 58.2 Å². The van der Waals surface area contributed by atoms with Crippen molar-refractivity contribution in [3.8, 4) is 0 Å². The van der Waals surface area contributed by atoms with Gasteiger partial charge < -0.3 is 14.8 Å². The molecule has 1 unspecified atom stereocenters. The fraction of sp³-hybridized carbons (Fsp3) is 0.414. The van der Waals surface area contributed by atoms with Crippen molar-refractivity contribution in [1.29, 1.82) is 0 Å². The van der Waals surface area contributed by atoms with Crippen LogP contribution >= 0.6 is 35.0 Å². The minimum atomic E-state index is -0.772. The van der Waals surface area contributed by atoms with Crippen LogP contribution in [-0.2, 0) is 10.4 Å². The van der Waals surface area contributed by atoms with E-state index >= 15 is 0 Å². The smallest absolute Gasteiger partial charge is 0.188 e. The molecule has 1 fully saturated rings. The Morgan fingerprint density at radius 2 is 1.74 bits per heavy atom. The first-order valence-electron chi connectivity index (χ1n) is 12.8. The molecule has 0 amide bonds. The summed E-state index contributed by atoms with van der Waals surface area (Å²) in [6.45, 7) is 6.43. The van der Waals surface area contributed by atoms with E-state index in [0.717, 1.165) is 59.4 Å². The number of thioether (sulfide) groups is 1. The lowest BCUT2D eigenvalue weighted by Crippen LogP contribution is -2.43. The van der Waals surface area contributed by atoms with E-state index in [4.69, 9.17) is 28.0 Å². The van der Waals surface area contributed by atoms with Crippen molar-refractivity contribution in [2.45, 2.75) is 49.8 Å². The molecule has 4 rings (SSSR count). The van der Waals surface area contributed by atoms with Gasteiger partial charge in [-0.15, -0.1) is 0 Å². The van der Waals surface area contributed by atoms with Crippen molar-refractivity contribution in [2.75, 3.05) is 32.5 Å². The molecule has 0 aliphatic carbocycles. The molecule has 202 valence electrons. The summed E-state index contributed by atoms with van der Waals surface area (Å²) in [5.74, 6) is 0.549. The molecule has 1 aliphatic heterocycles. The highest BCUT2D eigenvalue weighted by Crippen LogP contribution is 2.34.